The molecule has 6 atom stereocenters. The maximum absolute atomic E-state index is 3.74. The highest BCUT2D eigenvalue weighted by Gasteiger charge is 2.45. The van der Waals surface area contributed by atoms with Gasteiger partial charge in [-0.25, -0.2) is 0 Å². The van der Waals surface area contributed by atoms with Gasteiger partial charge in [-0.1, -0.05) is 0 Å². The van der Waals surface area contributed by atoms with E-state index in [1.165, 1.54) is 19.3 Å². The van der Waals surface area contributed by atoms with E-state index in [1.807, 2.05) is 0 Å². The van der Waals surface area contributed by atoms with Gasteiger partial charge in [-0.05, 0) is 40.0 Å². The van der Waals surface area contributed by atoms with Crippen LogP contribution in [0.25, 0.3) is 0 Å². The highest BCUT2D eigenvalue weighted by atomic mass is 15.5. The molecule has 3 fully saturated rings. The van der Waals surface area contributed by atoms with Gasteiger partial charge in [0.25, 0.3) is 0 Å². The second-order valence-corrected chi connectivity index (χ2v) is 5.90. The largest absolute Gasteiger partial charge is 0.299 e. The summed E-state index contributed by atoms with van der Waals surface area (Å²) in [5.74, 6) is 0. The van der Waals surface area contributed by atoms with Crippen molar-refractivity contribution in [3.05, 3.63) is 0 Å². The molecule has 3 N–H and O–H groups in total. The average molecular weight is 224 g/mol. The first-order valence-electron chi connectivity index (χ1n) is 6.69. The fraction of sp³-hybridized carbons (Fsp3) is 1.00. The lowest BCUT2D eigenvalue weighted by atomic mass is 9.94. The first-order valence-corrected chi connectivity index (χ1v) is 6.69. The number of hydrogen-bond donors (Lipinski definition) is 3. The molecule has 3 aliphatic heterocycles. The van der Waals surface area contributed by atoms with Gasteiger partial charge in [0.2, 0.25) is 0 Å². The molecule has 16 heavy (non-hydrogen) atoms. The zero-order chi connectivity index (χ0) is 11.3. The van der Waals surface area contributed by atoms with Crippen molar-refractivity contribution in [1.29, 1.82) is 0 Å². The Balaban J connectivity index is 1.83. The van der Waals surface area contributed by atoms with E-state index in [0.717, 1.165) is 0 Å². The van der Waals surface area contributed by atoms with E-state index in [9.17, 15) is 0 Å². The summed E-state index contributed by atoms with van der Waals surface area (Å²) >= 11 is 0. The zero-order valence-corrected chi connectivity index (χ0v) is 10.5. The lowest BCUT2D eigenvalue weighted by Crippen LogP contribution is -2.76. The molecule has 4 nitrogen and oxygen atoms in total. The molecule has 92 valence electrons. The first kappa shape index (κ1) is 11.0. The summed E-state index contributed by atoms with van der Waals surface area (Å²) < 4.78 is 0. The van der Waals surface area contributed by atoms with Crippen molar-refractivity contribution >= 4 is 0 Å². The van der Waals surface area contributed by atoms with Gasteiger partial charge < -0.3 is 0 Å². The molecular weight excluding hydrogens is 200 g/mol. The molecule has 4 heteroatoms. The average Bonchev–Trinajstić information content (AvgIpc) is 2.14. The third-order valence-corrected chi connectivity index (χ3v) is 4.24. The van der Waals surface area contributed by atoms with Gasteiger partial charge >= 0.3 is 0 Å². The van der Waals surface area contributed by atoms with Crippen LogP contribution in [-0.2, 0) is 0 Å². The van der Waals surface area contributed by atoms with Gasteiger partial charge in [-0.3, -0.25) is 20.9 Å². The van der Waals surface area contributed by atoms with Crippen molar-refractivity contribution in [2.75, 3.05) is 0 Å². The van der Waals surface area contributed by atoms with Crippen molar-refractivity contribution < 1.29 is 0 Å². The molecule has 0 spiro atoms. The molecule has 0 aliphatic carbocycles. The molecule has 0 amide bonds. The summed E-state index contributed by atoms with van der Waals surface area (Å²) in [7, 11) is 0. The minimum absolute atomic E-state index is 0.565. The maximum atomic E-state index is 3.74. The van der Waals surface area contributed by atoms with Crippen LogP contribution in [-0.4, -0.2) is 41.5 Å². The van der Waals surface area contributed by atoms with Crippen molar-refractivity contribution in [3.8, 4) is 0 Å². The fourth-order valence-electron chi connectivity index (χ4n) is 3.67. The molecule has 3 heterocycles. The predicted octanol–water partition coefficient (Wildman–Crippen LogP) is 0.412. The van der Waals surface area contributed by atoms with Crippen LogP contribution in [0.3, 0.4) is 0 Å². The molecule has 0 aromatic carbocycles. The number of hydrogen-bond acceptors (Lipinski definition) is 4. The maximum Gasteiger partial charge on any atom is 0.0642 e. The van der Waals surface area contributed by atoms with Crippen LogP contribution in [0.5, 0.6) is 0 Å². The highest BCUT2D eigenvalue weighted by Crippen LogP contribution is 2.29. The van der Waals surface area contributed by atoms with Gasteiger partial charge in [0, 0.05) is 18.1 Å². The highest BCUT2D eigenvalue weighted by molar-refractivity contribution is 4.99. The molecule has 0 radical (unpaired) electrons. The Morgan fingerprint density at radius 3 is 1.31 bits per heavy atom. The van der Waals surface area contributed by atoms with E-state index in [0.29, 0.717) is 36.6 Å². The molecule has 0 aromatic rings. The Morgan fingerprint density at radius 1 is 0.688 bits per heavy atom. The van der Waals surface area contributed by atoms with E-state index in [4.69, 9.17) is 0 Å². The third kappa shape index (κ3) is 1.78. The quantitative estimate of drug-likeness (QED) is 0.557. The van der Waals surface area contributed by atoms with Crippen LogP contribution >= 0.6 is 0 Å². The number of rotatable bonds is 0. The lowest BCUT2D eigenvalue weighted by Gasteiger charge is -2.57. The van der Waals surface area contributed by atoms with Crippen LogP contribution in [0.4, 0.5) is 0 Å². The van der Waals surface area contributed by atoms with Crippen LogP contribution in [0.15, 0.2) is 0 Å². The SMILES string of the molecule is C[C@@H]1C[C@H]2N[C@H](C)C[C@H]3N[C@H](C)C[C@@H](N1)N32. The first-order chi connectivity index (χ1) is 7.63. The Hall–Kier alpha value is -0.160. The zero-order valence-electron chi connectivity index (χ0n) is 10.5. The molecule has 3 saturated heterocycles. The van der Waals surface area contributed by atoms with Gasteiger partial charge in [0.15, 0.2) is 0 Å². The van der Waals surface area contributed by atoms with Crippen LogP contribution in [0, 0.1) is 0 Å². The van der Waals surface area contributed by atoms with E-state index in [1.54, 1.807) is 0 Å². The smallest absolute Gasteiger partial charge is 0.0642 e. The second-order valence-electron chi connectivity index (χ2n) is 5.90. The summed E-state index contributed by atoms with van der Waals surface area (Å²) in [6, 6.07) is 1.90. The van der Waals surface area contributed by atoms with Crippen LogP contribution < -0.4 is 16.0 Å². The minimum atomic E-state index is 0.565. The summed E-state index contributed by atoms with van der Waals surface area (Å²) in [4.78, 5) is 2.62. The Kier molecular flexibility index (Phi) is 2.70. The van der Waals surface area contributed by atoms with Crippen molar-refractivity contribution in [3.63, 3.8) is 0 Å². The number of nitrogens with zero attached hydrogens (tertiary/aromatic N) is 1. The van der Waals surface area contributed by atoms with Gasteiger partial charge in [-0.2, -0.15) is 0 Å². The lowest BCUT2D eigenvalue weighted by molar-refractivity contribution is -0.0841. The van der Waals surface area contributed by atoms with Crippen molar-refractivity contribution in [2.24, 2.45) is 0 Å². The molecular formula is C12H24N4. The normalized spacial score (nSPS) is 53.4. The monoisotopic (exact) mass is 224 g/mol. The van der Waals surface area contributed by atoms with E-state index < -0.39 is 0 Å². The topological polar surface area (TPSA) is 39.3 Å². The molecule has 0 bridgehead atoms. The van der Waals surface area contributed by atoms with Crippen molar-refractivity contribution in [2.45, 2.75) is 76.7 Å². The molecule has 0 aromatic heterocycles. The van der Waals surface area contributed by atoms with E-state index in [-0.39, 0.29) is 0 Å². The van der Waals surface area contributed by atoms with Crippen LogP contribution in [0.1, 0.15) is 40.0 Å². The summed E-state index contributed by atoms with van der Waals surface area (Å²) in [6.45, 7) is 6.92. The Bertz CT molecular complexity index is 209. The van der Waals surface area contributed by atoms with Gasteiger partial charge in [0.05, 0.1) is 18.5 Å². The van der Waals surface area contributed by atoms with E-state index in [2.05, 4.69) is 41.6 Å². The van der Waals surface area contributed by atoms with Gasteiger partial charge in [-0.15, -0.1) is 0 Å². The fourth-order valence-corrected chi connectivity index (χ4v) is 3.67. The Morgan fingerprint density at radius 2 is 1.00 bits per heavy atom. The van der Waals surface area contributed by atoms with Gasteiger partial charge in [0.1, 0.15) is 0 Å². The predicted molar refractivity (Wildman–Crippen MR) is 64.8 cm³/mol. The molecule has 3 aliphatic rings. The number of nitrogens with one attached hydrogen (secondary N) is 3. The summed E-state index contributed by atoms with van der Waals surface area (Å²) in [5, 5.41) is 11.2. The van der Waals surface area contributed by atoms with E-state index >= 15 is 0 Å². The minimum Gasteiger partial charge on any atom is -0.299 e. The summed E-state index contributed by atoms with van der Waals surface area (Å²) in [5.41, 5.74) is 0. The summed E-state index contributed by atoms with van der Waals surface area (Å²) in [6.07, 6.45) is 5.34. The van der Waals surface area contributed by atoms with Crippen molar-refractivity contribution in [1.82, 2.24) is 20.9 Å². The second kappa shape index (κ2) is 3.95. The standard InChI is InChI=1S/C12H24N4/c1-7-4-10-14-9(3)6-12-15-8(2)5-11(13-7)16(10)12/h7-15H,4-6H2,1-3H3/t7-,8-,9-,10+,11+,12+/m1/s1. The van der Waals surface area contributed by atoms with Crippen LogP contribution in [0.2, 0.25) is 0 Å². The molecule has 3 rings (SSSR count). The molecule has 0 saturated carbocycles. The third-order valence-electron chi connectivity index (χ3n) is 4.24. The molecule has 0 unspecified atom stereocenters. The Labute approximate surface area is 98.1 Å².